The SMILES string of the molecule is Cc1cc(C)cc(Cn2c(=O)n(C)c(=O)c3cc(S(=O)(=O)NC4(C)CC4)ccc32)c1. The molecule has 0 amide bonds. The largest absolute Gasteiger partial charge is 0.331 e. The molecule has 1 fully saturated rings. The second kappa shape index (κ2) is 6.92. The summed E-state index contributed by atoms with van der Waals surface area (Å²) in [5.41, 5.74) is 2.15. The van der Waals surface area contributed by atoms with Gasteiger partial charge in [-0.25, -0.2) is 17.9 Å². The van der Waals surface area contributed by atoms with Gasteiger partial charge in [-0.1, -0.05) is 29.3 Å². The van der Waals surface area contributed by atoms with Gasteiger partial charge >= 0.3 is 5.69 Å². The molecule has 0 radical (unpaired) electrons. The van der Waals surface area contributed by atoms with Crippen LogP contribution in [0.1, 0.15) is 36.5 Å². The Balaban J connectivity index is 1.87. The fraction of sp³-hybridized carbons (Fsp3) is 0.364. The molecule has 0 aliphatic heterocycles. The van der Waals surface area contributed by atoms with E-state index in [2.05, 4.69) is 10.8 Å². The Kier molecular flexibility index (Phi) is 4.74. The highest BCUT2D eigenvalue weighted by molar-refractivity contribution is 7.89. The van der Waals surface area contributed by atoms with Gasteiger partial charge in [-0.15, -0.1) is 0 Å². The molecular weight excluding hydrogens is 402 g/mol. The van der Waals surface area contributed by atoms with Crippen LogP contribution in [0.2, 0.25) is 0 Å². The molecule has 1 aliphatic carbocycles. The molecule has 1 heterocycles. The van der Waals surface area contributed by atoms with E-state index in [0.717, 1.165) is 34.1 Å². The average molecular weight is 428 g/mol. The van der Waals surface area contributed by atoms with Crippen molar-refractivity contribution in [2.24, 2.45) is 7.05 Å². The highest BCUT2D eigenvalue weighted by atomic mass is 32.2. The molecule has 158 valence electrons. The van der Waals surface area contributed by atoms with Crippen LogP contribution in [0, 0.1) is 13.8 Å². The highest BCUT2D eigenvalue weighted by Gasteiger charge is 2.41. The van der Waals surface area contributed by atoms with Gasteiger partial charge in [0.1, 0.15) is 0 Å². The second-order valence-electron chi connectivity index (χ2n) is 8.57. The van der Waals surface area contributed by atoms with Crippen molar-refractivity contribution in [3.63, 3.8) is 0 Å². The lowest BCUT2D eigenvalue weighted by atomic mass is 10.1. The maximum absolute atomic E-state index is 12.9. The first kappa shape index (κ1) is 20.6. The number of hydrogen-bond donors (Lipinski definition) is 1. The van der Waals surface area contributed by atoms with Crippen molar-refractivity contribution in [1.29, 1.82) is 0 Å². The topological polar surface area (TPSA) is 90.2 Å². The van der Waals surface area contributed by atoms with E-state index >= 15 is 0 Å². The number of aromatic nitrogens is 2. The van der Waals surface area contributed by atoms with E-state index in [0.29, 0.717) is 5.52 Å². The summed E-state index contributed by atoms with van der Waals surface area (Å²) in [5, 5.41) is 0.199. The zero-order chi connectivity index (χ0) is 21.8. The molecule has 1 aliphatic rings. The minimum absolute atomic E-state index is 0.0248. The molecular formula is C22H25N3O4S. The zero-order valence-electron chi connectivity index (χ0n) is 17.5. The molecule has 0 spiro atoms. The fourth-order valence-electron chi connectivity index (χ4n) is 3.81. The summed E-state index contributed by atoms with van der Waals surface area (Å²) in [6.07, 6.45) is 1.58. The van der Waals surface area contributed by atoms with E-state index in [-0.39, 0.29) is 16.8 Å². The number of sulfonamides is 1. The summed E-state index contributed by atoms with van der Waals surface area (Å²) in [6.45, 7) is 6.12. The van der Waals surface area contributed by atoms with E-state index in [1.54, 1.807) is 6.07 Å². The Morgan fingerprint density at radius 3 is 2.27 bits per heavy atom. The van der Waals surface area contributed by atoms with Crippen LogP contribution in [0.4, 0.5) is 0 Å². The molecule has 0 saturated heterocycles. The maximum atomic E-state index is 12.9. The van der Waals surface area contributed by atoms with Crippen molar-refractivity contribution >= 4 is 20.9 Å². The van der Waals surface area contributed by atoms with E-state index < -0.39 is 26.8 Å². The molecule has 8 heteroatoms. The summed E-state index contributed by atoms with van der Waals surface area (Å²) < 4.78 is 30.7. The van der Waals surface area contributed by atoms with E-state index in [9.17, 15) is 18.0 Å². The molecule has 0 bridgehead atoms. The molecule has 0 unspecified atom stereocenters. The summed E-state index contributed by atoms with van der Waals surface area (Å²) in [7, 11) is -2.35. The minimum atomic E-state index is -3.76. The summed E-state index contributed by atoms with van der Waals surface area (Å²) in [5.74, 6) is 0. The van der Waals surface area contributed by atoms with Gasteiger partial charge in [0.2, 0.25) is 10.0 Å². The predicted molar refractivity (Wildman–Crippen MR) is 116 cm³/mol. The van der Waals surface area contributed by atoms with Crippen LogP contribution in [0.15, 0.2) is 50.9 Å². The van der Waals surface area contributed by atoms with E-state index in [4.69, 9.17) is 0 Å². The molecule has 2 aromatic carbocycles. The summed E-state index contributed by atoms with van der Waals surface area (Å²) in [4.78, 5) is 25.6. The van der Waals surface area contributed by atoms with Crippen LogP contribution in [0.3, 0.4) is 0 Å². The van der Waals surface area contributed by atoms with Crippen LogP contribution >= 0.6 is 0 Å². The first-order valence-electron chi connectivity index (χ1n) is 9.84. The smallest absolute Gasteiger partial charge is 0.289 e. The number of fused-ring (bicyclic) bond motifs is 1. The molecule has 3 aromatic rings. The number of hydrogen-bond acceptors (Lipinski definition) is 4. The summed E-state index contributed by atoms with van der Waals surface area (Å²) >= 11 is 0. The van der Waals surface area contributed by atoms with Crippen molar-refractivity contribution in [2.45, 2.75) is 50.6 Å². The van der Waals surface area contributed by atoms with Gasteiger partial charge in [-0.05, 0) is 57.4 Å². The third-order valence-corrected chi connectivity index (χ3v) is 7.26. The molecule has 7 nitrogen and oxygen atoms in total. The number of nitrogens with one attached hydrogen (secondary N) is 1. The lowest BCUT2D eigenvalue weighted by Crippen LogP contribution is -2.38. The Morgan fingerprint density at radius 2 is 1.67 bits per heavy atom. The van der Waals surface area contributed by atoms with E-state index in [1.807, 2.05) is 32.9 Å². The highest BCUT2D eigenvalue weighted by Crippen LogP contribution is 2.36. The van der Waals surface area contributed by atoms with Crippen LogP contribution in [-0.4, -0.2) is 23.1 Å². The number of nitrogens with zero attached hydrogens (tertiary/aromatic N) is 2. The number of rotatable bonds is 5. The van der Waals surface area contributed by atoms with Crippen molar-refractivity contribution in [3.8, 4) is 0 Å². The lowest BCUT2D eigenvalue weighted by Gasteiger charge is -2.15. The van der Waals surface area contributed by atoms with Gasteiger partial charge in [0.05, 0.1) is 22.3 Å². The predicted octanol–water partition coefficient (Wildman–Crippen LogP) is 2.20. The summed E-state index contributed by atoms with van der Waals surface area (Å²) in [6, 6.07) is 10.4. The van der Waals surface area contributed by atoms with Gasteiger partial charge in [-0.3, -0.25) is 13.9 Å². The quantitative estimate of drug-likeness (QED) is 0.676. The van der Waals surface area contributed by atoms with Crippen molar-refractivity contribution in [1.82, 2.24) is 13.9 Å². The monoisotopic (exact) mass is 427 g/mol. The first-order chi connectivity index (χ1) is 14.0. The van der Waals surface area contributed by atoms with Crippen molar-refractivity contribution < 1.29 is 8.42 Å². The molecule has 1 aromatic heterocycles. The van der Waals surface area contributed by atoms with Gasteiger partial charge in [0.15, 0.2) is 0 Å². The Morgan fingerprint density at radius 1 is 1.03 bits per heavy atom. The maximum Gasteiger partial charge on any atom is 0.331 e. The van der Waals surface area contributed by atoms with Gasteiger partial charge < -0.3 is 0 Å². The zero-order valence-corrected chi connectivity index (χ0v) is 18.3. The molecule has 1 saturated carbocycles. The van der Waals surface area contributed by atoms with Crippen LogP contribution in [0.5, 0.6) is 0 Å². The van der Waals surface area contributed by atoms with Gasteiger partial charge in [0.25, 0.3) is 5.56 Å². The molecule has 1 N–H and O–H groups in total. The average Bonchev–Trinajstić information content (AvgIpc) is 3.38. The third-order valence-electron chi connectivity index (χ3n) is 5.62. The third kappa shape index (κ3) is 3.73. The van der Waals surface area contributed by atoms with Gasteiger partial charge in [-0.2, -0.15) is 0 Å². The molecule has 30 heavy (non-hydrogen) atoms. The Bertz CT molecular complexity index is 1380. The lowest BCUT2D eigenvalue weighted by molar-refractivity contribution is 0.558. The number of aryl methyl sites for hydroxylation is 2. The van der Waals surface area contributed by atoms with Crippen LogP contribution in [-0.2, 0) is 23.6 Å². The minimum Gasteiger partial charge on any atom is -0.289 e. The first-order valence-corrected chi connectivity index (χ1v) is 11.3. The van der Waals surface area contributed by atoms with Gasteiger partial charge in [0, 0.05) is 12.6 Å². The molecule has 4 rings (SSSR count). The van der Waals surface area contributed by atoms with Crippen LogP contribution < -0.4 is 16.0 Å². The normalized spacial score (nSPS) is 15.5. The number of benzene rings is 2. The van der Waals surface area contributed by atoms with E-state index in [1.165, 1.54) is 23.7 Å². The van der Waals surface area contributed by atoms with Crippen LogP contribution in [0.25, 0.3) is 10.9 Å². The standard InChI is InChI=1S/C22H25N3O4S/c1-14-9-15(2)11-16(10-14)13-25-19-6-5-17(30(28,29)23-22(3)7-8-22)12-18(19)20(26)24(4)21(25)27/h5-6,9-12,23H,7-8,13H2,1-4H3. The second-order valence-corrected chi connectivity index (χ2v) is 10.3. The Labute approximate surface area is 175 Å². The molecule has 0 atom stereocenters. The van der Waals surface area contributed by atoms with Crippen molar-refractivity contribution in [2.75, 3.05) is 0 Å². The Hall–Kier alpha value is -2.71. The van der Waals surface area contributed by atoms with Crippen molar-refractivity contribution in [3.05, 3.63) is 73.9 Å². The fourth-order valence-corrected chi connectivity index (χ4v) is 5.30.